The van der Waals surface area contributed by atoms with E-state index in [1.54, 1.807) is 36.4 Å². The van der Waals surface area contributed by atoms with Crippen LogP contribution in [0.1, 0.15) is 21.6 Å². The number of hydrogen-bond donors (Lipinski definition) is 2. The van der Waals surface area contributed by atoms with Crippen molar-refractivity contribution in [2.24, 2.45) is 7.05 Å². The number of nitrogens with one attached hydrogen (secondary N) is 1. The number of pyridine rings is 1. The molecule has 1 atom stereocenters. The SMILES string of the molecule is Cn1c(C(F)(F)F)ccc(-c2cccc3c(C[C@H](NC(=O)c4c(F)cccc4F)C(=O)O)cccc23)c1=O. The Labute approximate surface area is 212 Å². The van der Waals surface area contributed by atoms with Gasteiger partial charge in [0, 0.05) is 19.0 Å². The van der Waals surface area contributed by atoms with Crippen molar-refractivity contribution in [3.05, 3.63) is 106 Å². The molecule has 0 bridgehead atoms. The zero-order valence-corrected chi connectivity index (χ0v) is 19.6. The van der Waals surface area contributed by atoms with Crippen LogP contribution in [0, 0.1) is 11.6 Å². The second kappa shape index (κ2) is 10.1. The fourth-order valence-electron chi connectivity index (χ4n) is 4.28. The van der Waals surface area contributed by atoms with Crippen LogP contribution in [0.5, 0.6) is 0 Å². The Bertz CT molecular complexity index is 1610. The molecule has 0 aliphatic heterocycles. The Balaban J connectivity index is 1.74. The van der Waals surface area contributed by atoms with Crippen LogP contribution < -0.4 is 10.9 Å². The van der Waals surface area contributed by atoms with Crippen LogP contribution in [0.2, 0.25) is 0 Å². The molecule has 1 heterocycles. The van der Waals surface area contributed by atoms with Gasteiger partial charge in [0.1, 0.15) is 28.9 Å². The summed E-state index contributed by atoms with van der Waals surface area (Å²) in [5, 5.41) is 12.8. The molecule has 38 heavy (non-hydrogen) atoms. The minimum Gasteiger partial charge on any atom is -0.480 e. The van der Waals surface area contributed by atoms with E-state index in [4.69, 9.17) is 0 Å². The highest BCUT2D eigenvalue weighted by Crippen LogP contribution is 2.32. The van der Waals surface area contributed by atoms with Crippen LogP contribution in [0.25, 0.3) is 21.9 Å². The van der Waals surface area contributed by atoms with Crippen LogP contribution >= 0.6 is 0 Å². The van der Waals surface area contributed by atoms with Gasteiger partial charge >= 0.3 is 12.1 Å². The number of carboxylic acid groups (broad SMARTS) is 1. The van der Waals surface area contributed by atoms with Crippen molar-refractivity contribution in [3.63, 3.8) is 0 Å². The third-order valence-electron chi connectivity index (χ3n) is 6.11. The molecule has 0 aliphatic carbocycles. The summed E-state index contributed by atoms with van der Waals surface area (Å²) in [4.78, 5) is 37.2. The van der Waals surface area contributed by atoms with Crippen LogP contribution in [0.4, 0.5) is 22.0 Å². The molecule has 2 N–H and O–H groups in total. The number of benzene rings is 3. The lowest BCUT2D eigenvalue weighted by Gasteiger charge is -2.18. The molecule has 11 heteroatoms. The van der Waals surface area contributed by atoms with Gasteiger partial charge in [-0.05, 0) is 46.2 Å². The van der Waals surface area contributed by atoms with Gasteiger partial charge in [-0.25, -0.2) is 13.6 Å². The van der Waals surface area contributed by atoms with E-state index < -0.39 is 52.5 Å². The molecule has 4 rings (SSSR count). The zero-order chi connectivity index (χ0) is 27.8. The Morgan fingerprint density at radius 2 is 1.50 bits per heavy atom. The van der Waals surface area contributed by atoms with Gasteiger partial charge in [0.05, 0.1) is 0 Å². The molecule has 3 aromatic carbocycles. The molecular formula is C27H19F5N2O4. The Hall–Kier alpha value is -4.54. The first kappa shape index (κ1) is 26.5. The number of carbonyl (C=O) groups is 2. The number of alkyl halides is 3. The highest BCUT2D eigenvalue weighted by Gasteiger charge is 2.34. The molecule has 196 valence electrons. The molecule has 0 fully saturated rings. The van der Waals surface area contributed by atoms with Crippen molar-refractivity contribution in [1.82, 2.24) is 9.88 Å². The van der Waals surface area contributed by atoms with E-state index in [1.165, 1.54) is 0 Å². The summed E-state index contributed by atoms with van der Waals surface area (Å²) in [7, 11) is 1.02. The monoisotopic (exact) mass is 530 g/mol. The first-order chi connectivity index (χ1) is 17.9. The van der Waals surface area contributed by atoms with E-state index >= 15 is 0 Å². The fourth-order valence-corrected chi connectivity index (χ4v) is 4.28. The number of hydrogen-bond acceptors (Lipinski definition) is 3. The summed E-state index contributed by atoms with van der Waals surface area (Å²) in [6.45, 7) is 0. The first-order valence-corrected chi connectivity index (χ1v) is 11.2. The number of rotatable bonds is 6. The summed E-state index contributed by atoms with van der Waals surface area (Å²) in [6, 6.07) is 12.6. The van der Waals surface area contributed by atoms with Gasteiger partial charge in [0.15, 0.2) is 0 Å². The summed E-state index contributed by atoms with van der Waals surface area (Å²) >= 11 is 0. The van der Waals surface area contributed by atoms with Crippen molar-refractivity contribution >= 4 is 22.6 Å². The fraction of sp³-hybridized carbons (Fsp3) is 0.148. The third kappa shape index (κ3) is 4.99. The largest absolute Gasteiger partial charge is 0.480 e. The number of carboxylic acids is 1. The van der Waals surface area contributed by atoms with Gasteiger partial charge in [0.25, 0.3) is 11.5 Å². The molecule has 0 saturated heterocycles. The number of fused-ring (bicyclic) bond motifs is 1. The Kier molecular flexibility index (Phi) is 7.03. The van der Waals surface area contributed by atoms with Crippen molar-refractivity contribution in [2.75, 3.05) is 0 Å². The number of nitrogens with zero attached hydrogens (tertiary/aromatic N) is 1. The predicted molar refractivity (Wildman–Crippen MR) is 129 cm³/mol. The maximum absolute atomic E-state index is 14.0. The Morgan fingerprint density at radius 3 is 2.13 bits per heavy atom. The third-order valence-corrected chi connectivity index (χ3v) is 6.11. The molecule has 4 aromatic rings. The van der Waals surface area contributed by atoms with E-state index in [0.717, 1.165) is 37.4 Å². The standard InChI is InChI=1S/C27H19F5N2O4/c1-34-22(27(30,31)32)12-11-18(25(34)36)17-8-3-6-15-14(5-2-7-16(15)17)13-21(26(37)38)33-24(35)23-19(28)9-4-10-20(23)29/h2-12,21H,13H2,1H3,(H,33,35)(H,37,38)/t21-/m0/s1. The summed E-state index contributed by atoms with van der Waals surface area (Å²) in [5.41, 5.74) is -2.17. The van der Waals surface area contributed by atoms with Crippen molar-refractivity contribution < 1.29 is 36.6 Å². The maximum atomic E-state index is 14.0. The van der Waals surface area contributed by atoms with E-state index in [-0.39, 0.29) is 12.0 Å². The molecule has 0 unspecified atom stereocenters. The molecule has 1 amide bonds. The molecule has 0 aliphatic rings. The van der Waals surface area contributed by atoms with Gasteiger partial charge < -0.3 is 15.0 Å². The zero-order valence-electron chi connectivity index (χ0n) is 19.6. The maximum Gasteiger partial charge on any atom is 0.431 e. The number of aliphatic carboxylic acids is 1. The highest BCUT2D eigenvalue weighted by molar-refractivity contribution is 5.99. The number of amides is 1. The van der Waals surface area contributed by atoms with E-state index in [0.29, 0.717) is 26.5 Å². The Morgan fingerprint density at radius 1 is 0.895 bits per heavy atom. The van der Waals surface area contributed by atoms with Gasteiger partial charge in [-0.3, -0.25) is 9.59 Å². The smallest absolute Gasteiger partial charge is 0.431 e. The first-order valence-electron chi connectivity index (χ1n) is 11.2. The van der Waals surface area contributed by atoms with Gasteiger partial charge in [-0.1, -0.05) is 42.5 Å². The summed E-state index contributed by atoms with van der Waals surface area (Å²) < 4.78 is 68.2. The van der Waals surface area contributed by atoms with Crippen molar-refractivity contribution in [3.8, 4) is 11.1 Å². The normalized spacial score (nSPS) is 12.4. The average Bonchev–Trinajstić information content (AvgIpc) is 2.84. The molecular weight excluding hydrogens is 511 g/mol. The van der Waals surface area contributed by atoms with Crippen LogP contribution in [0.3, 0.4) is 0 Å². The van der Waals surface area contributed by atoms with Crippen LogP contribution in [0.15, 0.2) is 71.5 Å². The highest BCUT2D eigenvalue weighted by atomic mass is 19.4. The lowest BCUT2D eigenvalue weighted by Crippen LogP contribution is -2.43. The molecule has 0 saturated carbocycles. The molecule has 0 spiro atoms. The lowest BCUT2D eigenvalue weighted by atomic mass is 9.93. The summed E-state index contributed by atoms with van der Waals surface area (Å²) in [5.74, 6) is -5.01. The second-order valence-electron chi connectivity index (χ2n) is 8.48. The molecule has 6 nitrogen and oxygen atoms in total. The minimum atomic E-state index is -4.72. The summed E-state index contributed by atoms with van der Waals surface area (Å²) in [6.07, 6.45) is -5.01. The van der Waals surface area contributed by atoms with Gasteiger partial charge in [0.2, 0.25) is 0 Å². The quantitative estimate of drug-likeness (QED) is 0.346. The molecule has 0 radical (unpaired) electrons. The topological polar surface area (TPSA) is 88.4 Å². The predicted octanol–water partition coefficient (Wildman–Crippen LogP) is 4.93. The number of aromatic nitrogens is 1. The minimum absolute atomic E-state index is 0.00126. The average molecular weight is 530 g/mol. The number of halogens is 5. The van der Waals surface area contributed by atoms with E-state index in [2.05, 4.69) is 5.32 Å². The van der Waals surface area contributed by atoms with Crippen LogP contribution in [-0.2, 0) is 24.4 Å². The second-order valence-corrected chi connectivity index (χ2v) is 8.48. The lowest BCUT2D eigenvalue weighted by molar-refractivity contribution is -0.143. The van der Waals surface area contributed by atoms with E-state index in [9.17, 15) is 41.4 Å². The van der Waals surface area contributed by atoms with Crippen LogP contribution in [-0.4, -0.2) is 27.6 Å². The van der Waals surface area contributed by atoms with Gasteiger partial charge in [-0.2, -0.15) is 13.2 Å². The number of carbonyl (C=O) groups excluding carboxylic acids is 1. The molecule has 1 aromatic heterocycles. The van der Waals surface area contributed by atoms with Crippen molar-refractivity contribution in [1.29, 1.82) is 0 Å². The van der Waals surface area contributed by atoms with Crippen molar-refractivity contribution in [2.45, 2.75) is 18.6 Å². The van der Waals surface area contributed by atoms with Gasteiger partial charge in [-0.15, -0.1) is 0 Å². The van der Waals surface area contributed by atoms with E-state index in [1.807, 2.05) is 0 Å².